The fourth-order valence-electron chi connectivity index (χ4n) is 3.55. The van der Waals surface area contributed by atoms with Crippen molar-refractivity contribution in [3.63, 3.8) is 0 Å². The molecule has 0 N–H and O–H groups in total. The molecule has 7 heteroatoms. The number of benzene rings is 2. The van der Waals surface area contributed by atoms with E-state index in [4.69, 9.17) is 23.2 Å². The summed E-state index contributed by atoms with van der Waals surface area (Å²) in [5, 5.41) is 0.965. The quantitative estimate of drug-likeness (QED) is 0.736. The van der Waals surface area contributed by atoms with Gasteiger partial charge in [0.25, 0.3) is 0 Å². The first-order chi connectivity index (χ1) is 12.7. The average Bonchev–Trinajstić information content (AvgIpc) is 2.57. The van der Waals surface area contributed by atoms with Gasteiger partial charge < -0.3 is 4.90 Å². The van der Waals surface area contributed by atoms with Gasteiger partial charge in [0.1, 0.15) is 0 Å². The maximum atomic E-state index is 12.9. The van der Waals surface area contributed by atoms with Gasteiger partial charge in [0, 0.05) is 22.8 Å². The highest BCUT2D eigenvalue weighted by atomic mass is 35.5. The van der Waals surface area contributed by atoms with E-state index in [2.05, 4.69) is 0 Å². The van der Waals surface area contributed by atoms with E-state index in [0.29, 0.717) is 22.2 Å². The number of amides is 1. The Labute approximate surface area is 170 Å². The van der Waals surface area contributed by atoms with Gasteiger partial charge in [-0.25, -0.2) is 8.42 Å². The zero-order valence-corrected chi connectivity index (χ0v) is 17.5. The molecule has 0 spiro atoms. The molecule has 0 bridgehead atoms. The van der Waals surface area contributed by atoms with Crippen LogP contribution in [0.15, 0.2) is 36.4 Å². The Morgan fingerprint density at radius 2 is 1.85 bits per heavy atom. The summed E-state index contributed by atoms with van der Waals surface area (Å²) in [4.78, 5) is 14.7. The zero-order chi connectivity index (χ0) is 19.8. The van der Waals surface area contributed by atoms with Gasteiger partial charge in [0.05, 0.1) is 18.2 Å². The second-order valence-electron chi connectivity index (χ2n) is 6.99. The minimum atomic E-state index is -3.11. The molecule has 1 aliphatic heterocycles. The van der Waals surface area contributed by atoms with Gasteiger partial charge in [-0.2, -0.15) is 0 Å². The van der Waals surface area contributed by atoms with Gasteiger partial charge in [-0.15, -0.1) is 0 Å². The van der Waals surface area contributed by atoms with E-state index in [-0.39, 0.29) is 24.1 Å². The van der Waals surface area contributed by atoms with Crippen LogP contribution in [-0.4, -0.2) is 32.0 Å². The van der Waals surface area contributed by atoms with Gasteiger partial charge in [-0.1, -0.05) is 47.5 Å². The third-order valence-corrected chi connectivity index (χ3v) is 6.45. The summed E-state index contributed by atoms with van der Waals surface area (Å²) in [7, 11) is -3.11. The Kier molecular flexibility index (Phi) is 5.84. The van der Waals surface area contributed by atoms with Crippen LogP contribution in [0.5, 0.6) is 0 Å². The lowest BCUT2D eigenvalue weighted by atomic mass is 9.91. The number of nitrogens with zero attached hydrogens (tertiary/aromatic N) is 1. The van der Waals surface area contributed by atoms with Crippen molar-refractivity contribution < 1.29 is 13.2 Å². The van der Waals surface area contributed by atoms with Gasteiger partial charge in [-0.3, -0.25) is 4.79 Å². The second kappa shape index (κ2) is 7.82. The number of carbonyl (C=O) groups is 1. The van der Waals surface area contributed by atoms with Crippen molar-refractivity contribution in [1.82, 2.24) is 4.90 Å². The first-order valence-corrected chi connectivity index (χ1v) is 11.5. The van der Waals surface area contributed by atoms with Crippen molar-refractivity contribution in [1.29, 1.82) is 0 Å². The molecule has 2 aromatic rings. The predicted octanol–water partition coefficient (Wildman–Crippen LogP) is 4.23. The maximum absolute atomic E-state index is 12.9. The van der Waals surface area contributed by atoms with Gasteiger partial charge in [0.15, 0.2) is 9.84 Å². The number of fused-ring (bicyclic) bond motifs is 1. The number of rotatable bonds is 4. The summed E-state index contributed by atoms with van der Waals surface area (Å²) in [5.74, 6) is -0.0485. The molecule has 0 saturated heterocycles. The van der Waals surface area contributed by atoms with Crippen LogP contribution in [0.1, 0.15) is 35.2 Å². The molecule has 4 nitrogen and oxygen atoms in total. The lowest BCUT2D eigenvalue weighted by Gasteiger charge is -2.36. The number of hydrogen-bond donors (Lipinski definition) is 0. The van der Waals surface area contributed by atoms with Crippen molar-refractivity contribution >= 4 is 38.9 Å². The van der Waals surface area contributed by atoms with Crippen LogP contribution >= 0.6 is 23.2 Å². The largest absolute Gasteiger partial charge is 0.335 e. The van der Waals surface area contributed by atoms with Crippen LogP contribution in [0.3, 0.4) is 0 Å². The number of sulfone groups is 1. The van der Waals surface area contributed by atoms with Crippen LogP contribution in [-0.2, 0) is 33.2 Å². The van der Waals surface area contributed by atoms with Crippen molar-refractivity contribution in [2.75, 3.05) is 12.8 Å². The Bertz CT molecular complexity index is 968. The molecule has 27 heavy (non-hydrogen) atoms. The molecule has 0 saturated carbocycles. The molecule has 1 aliphatic rings. The highest BCUT2D eigenvalue weighted by Gasteiger charge is 2.28. The highest BCUT2D eigenvalue weighted by molar-refractivity contribution is 7.89. The fourth-order valence-corrected chi connectivity index (χ4v) is 4.87. The summed E-state index contributed by atoms with van der Waals surface area (Å²) in [6.45, 7) is 2.58. The molecule has 2 aromatic carbocycles. The van der Waals surface area contributed by atoms with Crippen LogP contribution < -0.4 is 0 Å². The summed E-state index contributed by atoms with van der Waals surface area (Å²) in [6.07, 6.45) is 2.10. The summed E-state index contributed by atoms with van der Waals surface area (Å²) in [5.41, 5.74) is 3.53. The molecular formula is C20H21Cl2NO3S. The fraction of sp³-hybridized carbons (Fsp3) is 0.350. The van der Waals surface area contributed by atoms with Crippen molar-refractivity contribution in [3.8, 4) is 0 Å². The lowest BCUT2D eigenvalue weighted by Crippen LogP contribution is -2.39. The van der Waals surface area contributed by atoms with Gasteiger partial charge >= 0.3 is 0 Å². The van der Waals surface area contributed by atoms with E-state index in [9.17, 15) is 13.2 Å². The van der Waals surface area contributed by atoms with E-state index in [0.717, 1.165) is 23.1 Å². The highest BCUT2D eigenvalue weighted by Crippen LogP contribution is 2.32. The van der Waals surface area contributed by atoms with Gasteiger partial charge in [-0.05, 0) is 47.7 Å². The predicted molar refractivity (Wildman–Crippen MR) is 109 cm³/mol. The first-order valence-electron chi connectivity index (χ1n) is 8.67. The van der Waals surface area contributed by atoms with E-state index in [1.165, 1.54) is 6.26 Å². The molecule has 0 aliphatic carbocycles. The minimum absolute atomic E-state index is 0.00379. The van der Waals surface area contributed by atoms with Crippen molar-refractivity contribution in [2.45, 2.75) is 31.6 Å². The monoisotopic (exact) mass is 425 g/mol. The Morgan fingerprint density at radius 3 is 2.48 bits per heavy atom. The number of carbonyl (C=O) groups excluding carboxylic acids is 1. The molecule has 0 radical (unpaired) electrons. The Morgan fingerprint density at radius 1 is 1.19 bits per heavy atom. The Balaban J connectivity index is 1.84. The normalized spacial score (nSPS) is 16.9. The Hall–Kier alpha value is -1.56. The van der Waals surface area contributed by atoms with Crippen molar-refractivity contribution in [3.05, 3.63) is 68.7 Å². The molecule has 0 aromatic heterocycles. The third kappa shape index (κ3) is 4.65. The third-order valence-electron chi connectivity index (χ3n) is 4.89. The van der Waals surface area contributed by atoms with E-state index >= 15 is 0 Å². The number of halogens is 2. The smallest absolute Gasteiger partial charge is 0.227 e. The van der Waals surface area contributed by atoms with E-state index < -0.39 is 9.84 Å². The van der Waals surface area contributed by atoms with E-state index in [1.54, 1.807) is 18.2 Å². The summed E-state index contributed by atoms with van der Waals surface area (Å²) < 4.78 is 23.2. The van der Waals surface area contributed by atoms with E-state index in [1.807, 2.05) is 30.0 Å². The van der Waals surface area contributed by atoms with Crippen LogP contribution in [0, 0.1) is 0 Å². The molecular weight excluding hydrogens is 405 g/mol. The second-order valence-corrected chi connectivity index (χ2v) is 9.95. The molecule has 1 atom stereocenters. The molecule has 0 fully saturated rings. The average molecular weight is 426 g/mol. The molecule has 1 unspecified atom stereocenters. The minimum Gasteiger partial charge on any atom is -0.335 e. The van der Waals surface area contributed by atoms with Crippen molar-refractivity contribution in [2.24, 2.45) is 0 Å². The zero-order valence-electron chi connectivity index (χ0n) is 15.2. The number of hydrogen-bond acceptors (Lipinski definition) is 3. The summed E-state index contributed by atoms with van der Waals surface area (Å²) >= 11 is 12.4. The molecule has 3 rings (SSSR count). The topological polar surface area (TPSA) is 54.5 Å². The van der Waals surface area contributed by atoms with Crippen LogP contribution in [0.4, 0.5) is 0 Å². The first kappa shape index (κ1) is 20.2. The maximum Gasteiger partial charge on any atom is 0.227 e. The SMILES string of the molecule is CC1c2cc(CS(C)(=O)=O)ccc2CCN1C(=O)Cc1c(Cl)cccc1Cl. The standard InChI is InChI=1S/C20H21Cl2NO3S/c1-13-16-10-14(12-27(2,25)26)6-7-15(16)8-9-23(13)20(24)11-17-18(21)4-3-5-19(17)22/h3-7,10,13H,8-9,11-12H2,1-2H3. The van der Waals surface area contributed by atoms with Gasteiger partial charge in [0.2, 0.25) is 5.91 Å². The lowest BCUT2D eigenvalue weighted by molar-refractivity contribution is -0.133. The molecule has 1 heterocycles. The molecule has 1 amide bonds. The van der Waals surface area contributed by atoms with Crippen LogP contribution in [0.25, 0.3) is 0 Å². The summed E-state index contributed by atoms with van der Waals surface area (Å²) in [6, 6.07) is 10.8. The molecule has 144 valence electrons. The van der Waals surface area contributed by atoms with Crippen LogP contribution in [0.2, 0.25) is 10.0 Å².